The van der Waals surface area contributed by atoms with Gasteiger partial charge in [0, 0.05) is 34.1 Å². The highest BCUT2D eigenvalue weighted by Crippen LogP contribution is 2.19. The minimum absolute atomic E-state index is 0.0675. The predicted molar refractivity (Wildman–Crippen MR) is 114 cm³/mol. The van der Waals surface area contributed by atoms with Crippen molar-refractivity contribution in [2.75, 3.05) is 24.8 Å². The van der Waals surface area contributed by atoms with Crippen molar-refractivity contribution in [3.8, 4) is 11.5 Å². The molecule has 0 saturated heterocycles. The molecule has 0 spiro atoms. The fourth-order valence-electron chi connectivity index (χ4n) is 2.74. The maximum atomic E-state index is 12.3. The summed E-state index contributed by atoms with van der Waals surface area (Å²) in [5.41, 5.74) is 2.19. The number of carbonyl (C=O) groups is 1. The molecule has 3 aromatic rings. The van der Waals surface area contributed by atoms with Gasteiger partial charge in [-0.3, -0.25) is 9.59 Å². The number of thioether (sulfide) groups is 1. The van der Waals surface area contributed by atoms with Crippen LogP contribution in [0.3, 0.4) is 0 Å². The Labute approximate surface area is 167 Å². The Kier molecular flexibility index (Phi) is 6.60. The smallest absolute Gasteiger partial charge is 0.234 e. The molecular weight excluding hydrogens is 376 g/mol. The zero-order chi connectivity index (χ0) is 19.9. The number of fused-ring (bicyclic) bond motifs is 1. The molecule has 6 nitrogen and oxygen atoms in total. The third-order valence-corrected chi connectivity index (χ3v) is 5.01. The minimum Gasteiger partial charge on any atom is -0.497 e. The number of anilines is 1. The number of aromatic nitrogens is 1. The van der Waals surface area contributed by atoms with Crippen LogP contribution in [-0.4, -0.2) is 30.4 Å². The molecule has 0 unspecified atom stereocenters. The lowest BCUT2D eigenvalue weighted by atomic mass is 10.2. The van der Waals surface area contributed by atoms with E-state index in [9.17, 15) is 9.59 Å². The first kappa shape index (κ1) is 19.8. The number of ether oxygens (including phenoxy) is 2. The van der Waals surface area contributed by atoms with Crippen LogP contribution in [0.25, 0.3) is 10.9 Å². The van der Waals surface area contributed by atoms with Gasteiger partial charge in [0.05, 0.1) is 19.5 Å². The third kappa shape index (κ3) is 5.07. The molecule has 0 atom stereocenters. The van der Waals surface area contributed by atoms with Crippen LogP contribution in [0.1, 0.15) is 12.6 Å². The molecule has 3 rings (SSSR count). The maximum Gasteiger partial charge on any atom is 0.234 e. The first-order valence-electron chi connectivity index (χ1n) is 8.89. The van der Waals surface area contributed by atoms with Gasteiger partial charge in [0.15, 0.2) is 5.43 Å². The van der Waals surface area contributed by atoms with E-state index in [1.807, 2.05) is 37.3 Å². The fourth-order valence-corrected chi connectivity index (χ4v) is 3.47. The van der Waals surface area contributed by atoms with Gasteiger partial charge in [-0.2, -0.15) is 0 Å². The molecule has 2 aromatic carbocycles. The Bertz CT molecular complexity index is 1020. The van der Waals surface area contributed by atoms with Crippen LogP contribution in [0.2, 0.25) is 0 Å². The zero-order valence-electron chi connectivity index (χ0n) is 15.8. The Balaban J connectivity index is 1.55. The van der Waals surface area contributed by atoms with E-state index in [1.165, 1.54) is 11.8 Å². The van der Waals surface area contributed by atoms with Crippen LogP contribution in [0.15, 0.2) is 53.3 Å². The topological polar surface area (TPSA) is 80.4 Å². The van der Waals surface area contributed by atoms with Crippen molar-refractivity contribution < 1.29 is 14.3 Å². The summed E-state index contributed by atoms with van der Waals surface area (Å²) in [6, 6.07) is 14.2. The quantitative estimate of drug-likeness (QED) is 0.603. The van der Waals surface area contributed by atoms with Crippen molar-refractivity contribution in [1.29, 1.82) is 0 Å². The van der Waals surface area contributed by atoms with E-state index in [-0.39, 0.29) is 17.1 Å². The summed E-state index contributed by atoms with van der Waals surface area (Å²) in [4.78, 5) is 27.7. The molecule has 1 heterocycles. The van der Waals surface area contributed by atoms with Gasteiger partial charge >= 0.3 is 0 Å². The standard InChI is InChI=1S/C21H22N2O4S/c1-3-27-16-6-4-14(5-7-16)23-21(25)13-28-12-15-10-20(24)18-11-17(26-2)8-9-19(18)22-15/h4-11H,3,12-13H2,1-2H3,(H,22,24)(H,23,25). The highest BCUT2D eigenvalue weighted by molar-refractivity contribution is 7.99. The van der Waals surface area contributed by atoms with Gasteiger partial charge in [-0.15, -0.1) is 11.8 Å². The molecule has 0 saturated carbocycles. The van der Waals surface area contributed by atoms with Gasteiger partial charge in [-0.1, -0.05) is 0 Å². The van der Waals surface area contributed by atoms with Gasteiger partial charge in [0.2, 0.25) is 5.91 Å². The highest BCUT2D eigenvalue weighted by Gasteiger charge is 2.07. The van der Waals surface area contributed by atoms with Crippen LogP contribution in [0.4, 0.5) is 5.69 Å². The van der Waals surface area contributed by atoms with Crippen LogP contribution in [0.5, 0.6) is 11.5 Å². The van der Waals surface area contributed by atoms with Crippen LogP contribution < -0.4 is 20.2 Å². The number of nitrogens with one attached hydrogen (secondary N) is 2. The Morgan fingerprint density at radius 3 is 2.57 bits per heavy atom. The first-order chi connectivity index (χ1) is 13.6. The molecule has 0 aliphatic heterocycles. The molecule has 1 amide bonds. The van der Waals surface area contributed by atoms with Crippen LogP contribution in [0, 0.1) is 0 Å². The third-order valence-electron chi connectivity index (χ3n) is 4.03. The number of carbonyl (C=O) groups excluding carboxylic acids is 1. The summed E-state index contributed by atoms with van der Waals surface area (Å²) in [5, 5.41) is 3.43. The van der Waals surface area contributed by atoms with E-state index < -0.39 is 0 Å². The van der Waals surface area contributed by atoms with E-state index in [4.69, 9.17) is 9.47 Å². The molecule has 28 heavy (non-hydrogen) atoms. The normalized spacial score (nSPS) is 10.6. The lowest BCUT2D eigenvalue weighted by molar-refractivity contribution is -0.113. The van der Waals surface area contributed by atoms with E-state index in [0.29, 0.717) is 23.5 Å². The molecular formula is C21H22N2O4S. The number of H-pyrrole nitrogens is 1. The molecule has 2 N–H and O–H groups in total. The minimum atomic E-state index is -0.0953. The number of hydrogen-bond donors (Lipinski definition) is 2. The number of benzene rings is 2. The second-order valence-corrected chi connectivity index (χ2v) is 7.05. The monoisotopic (exact) mass is 398 g/mol. The fraction of sp³-hybridized carbons (Fsp3) is 0.238. The van der Waals surface area contributed by atoms with E-state index >= 15 is 0 Å². The predicted octanol–water partition coefficient (Wildman–Crippen LogP) is 3.81. The summed E-state index contributed by atoms with van der Waals surface area (Å²) in [6.07, 6.45) is 0. The molecule has 0 radical (unpaired) electrons. The van der Waals surface area contributed by atoms with Crippen molar-refractivity contribution in [3.63, 3.8) is 0 Å². The van der Waals surface area contributed by atoms with Crippen molar-refractivity contribution in [3.05, 3.63) is 64.4 Å². The lowest BCUT2D eigenvalue weighted by Crippen LogP contribution is -2.14. The average molecular weight is 398 g/mol. The van der Waals surface area contributed by atoms with E-state index in [1.54, 1.807) is 25.3 Å². The zero-order valence-corrected chi connectivity index (χ0v) is 16.6. The summed E-state index contributed by atoms with van der Waals surface area (Å²) in [5.74, 6) is 2.14. The number of hydrogen-bond acceptors (Lipinski definition) is 5. The number of methoxy groups -OCH3 is 1. The van der Waals surface area contributed by atoms with Crippen LogP contribution in [-0.2, 0) is 10.5 Å². The second-order valence-electron chi connectivity index (χ2n) is 6.07. The maximum absolute atomic E-state index is 12.3. The van der Waals surface area contributed by atoms with Gasteiger partial charge in [-0.25, -0.2) is 0 Å². The molecule has 0 bridgehead atoms. The van der Waals surface area contributed by atoms with Crippen molar-refractivity contribution >= 4 is 34.3 Å². The largest absolute Gasteiger partial charge is 0.497 e. The number of rotatable bonds is 8. The molecule has 0 aliphatic carbocycles. The summed E-state index contributed by atoms with van der Waals surface area (Å²) >= 11 is 1.44. The molecule has 0 aliphatic rings. The van der Waals surface area contributed by atoms with Crippen LogP contribution >= 0.6 is 11.8 Å². The summed E-state index contributed by atoms with van der Waals surface area (Å²) in [6.45, 7) is 2.53. The van der Waals surface area contributed by atoms with E-state index in [0.717, 1.165) is 22.6 Å². The second kappa shape index (κ2) is 9.32. The lowest BCUT2D eigenvalue weighted by Gasteiger charge is -2.08. The molecule has 1 aromatic heterocycles. The summed E-state index contributed by atoms with van der Waals surface area (Å²) < 4.78 is 10.5. The summed E-state index contributed by atoms with van der Waals surface area (Å²) in [7, 11) is 1.57. The van der Waals surface area contributed by atoms with Crippen molar-refractivity contribution in [1.82, 2.24) is 4.98 Å². The molecule has 146 valence electrons. The highest BCUT2D eigenvalue weighted by atomic mass is 32.2. The molecule has 7 heteroatoms. The number of aromatic amines is 1. The average Bonchev–Trinajstić information content (AvgIpc) is 2.69. The van der Waals surface area contributed by atoms with Crippen molar-refractivity contribution in [2.24, 2.45) is 0 Å². The van der Waals surface area contributed by atoms with Gasteiger partial charge < -0.3 is 19.8 Å². The number of amides is 1. The Morgan fingerprint density at radius 1 is 1.11 bits per heavy atom. The van der Waals surface area contributed by atoms with Gasteiger partial charge in [-0.05, 0) is 49.4 Å². The Hall–Kier alpha value is -2.93. The van der Waals surface area contributed by atoms with E-state index in [2.05, 4.69) is 10.3 Å². The van der Waals surface area contributed by atoms with Gasteiger partial charge in [0.1, 0.15) is 11.5 Å². The SMILES string of the molecule is CCOc1ccc(NC(=O)CSCc2cc(=O)c3cc(OC)ccc3[nH]2)cc1. The Morgan fingerprint density at radius 2 is 1.86 bits per heavy atom. The first-order valence-corrected chi connectivity index (χ1v) is 10.0. The molecule has 0 fully saturated rings. The number of pyridine rings is 1. The van der Waals surface area contributed by atoms with Crippen molar-refractivity contribution in [2.45, 2.75) is 12.7 Å². The van der Waals surface area contributed by atoms with Gasteiger partial charge in [0.25, 0.3) is 0 Å².